The van der Waals surface area contributed by atoms with E-state index in [1.165, 1.54) is 218 Å². The van der Waals surface area contributed by atoms with Crippen LogP contribution < -0.4 is 0 Å². The predicted molar refractivity (Wildman–Crippen MR) is 325 cm³/mol. The standard InChI is InChI=1S/C69H124O6/c1-4-7-10-13-16-19-22-25-28-30-32-33-34-35-36-37-38-40-41-44-47-50-53-56-59-62-68(71)74-65-66(64-73-67(70)61-58-55-52-49-46-43-27-24-21-18-15-12-9-6-3)75-69(72)63-60-57-54-51-48-45-42-39-31-29-26-23-20-17-14-11-8-5-2/h20,22-25,27,29-32,66H,4-19,21,26,28,33-65H2,1-3H3/b23-20-,25-22-,27-24-,31-29-,32-30-. The molecule has 75 heavy (non-hydrogen) atoms. The fourth-order valence-corrected chi connectivity index (χ4v) is 9.50. The summed E-state index contributed by atoms with van der Waals surface area (Å²) >= 11 is 0. The monoisotopic (exact) mass is 1050 g/mol. The van der Waals surface area contributed by atoms with Crippen LogP contribution in [0, 0.1) is 0 Å². The van der Waals surface area contributed by atoms with E-state index >= 15 is 0 Å². The number of hydrogen-bond donors (Lipinski definition) is 0. The van der Waals surface area contributed by atoms with E-state index in [1.54, 1.807) is 0 Å². The summed E-state index contributed by atoms with van der Waals surface area (Å²) in [5.41, 5.74) is 0. The smallest absolute Gasteiger partial charge is 0.306 e. The van der Waals surface area contributed by atoms with E-state index in [1.807, 2.05) is 0 Å². The molecule has 0 saturated heterocycles. The highest BCUT2D eigenvalue weighted by Gasteiger charge is 2.19. The Hall–Kier alpha value is -2.89. The summed E-state index contributed by atoms with van der Waals surface area (Å²) in [4.78, 5) is 38.3. The Morgan fingerprint density at radius 2 is 0.480 bits per heavy atom. The van der Waals surface area contributed by atoms with Crippen molar-refractivity contribution in [3.63, 3.8) is 0 Å². The Balaban J connectivity index is 4.30. The van der Waals surface area contributed by atoms with Gasteiger partial charge in [-0.3, -0.25) is 14.4 Å². The van der Waals surface area contributed by atoms with Crippen LogP contribution in [0.5, 0.6) is 0 Å². The minimum Gasteiger partial charge on any atom is -0.462 e. The van der Waals surface area contributed by atoms with E-state index in [0.29, 0.717) is 19.3 Å². The van der Waals surface area contributed by atoms with E-state index in [-0.39, 0.29) is 31.1 Å². The lowest BCUT2D eigenvalue weighted by atomic mass is 10.0. The van der Waals surface area contributed by atoms with Gasteiger partial charge in [-0.1, -0.05) is 274 Å². The lowest BCUT2D eigenvalue weighted by Gasteiger charge is -2.18. The molecule has 0 aliphatic rings. The molecule has 0 amide bonds. The molecule has 0 bridgehead atoms. The summed E-state index contributed by atoms with van der Waals surface area (Å²) in [7, 11) is 0. The number of ether oxygens (including phenoxy) is 3. The first-order valence-electron chi connectivity index (χ1n) is 32.8. The van der Waals surface area contributed by atoms with Crippen LogP contribution in [0.3, 0.4) is 0 Å². The van der Waals surface area contributed by atoms with Crippen LogP contribution >= 0.6 is 0 Å². The Bertz CT molecular complexity index is 1340. The zero-order valence-corrected chi connectivity index (χ0v) is 50.1. The third-order valence-corrected chi connectivity index (χ3v) is 14.5. The number of esters is 3. The summed E-state index contributed by atoms with van der Waals surface area (Å²) in [6, 6.07) is 0. The van der Waals surface area contributed by atoms with Crippen molar-refractivity contribution in [3.8, 4) is 0 Å². The number of carbonyl (C=O) groups excluding carboxylic acids is 3. The second-order valence-electron chi connectivity index (χ2n) is 22.0. The average molecular weight is 1050 g/mol. The summed E-state index contributed by atoms with van der Waals surface area (Å²) in [6.45, 7) is 6.63. The average Bonchev–Trinajstić information content (AvgIpc) is 3.41. The van der Waals surface area contributed by atoms with Gasteiger partial charge in [0, 0.05) is 19.3 Å². The van der Waals surface area contributed by atoms with Gasteiger partial charge in [0.2, 0.25) is 0 Å². The van der Waals surface area contributed by atoms with Crippen molar-refractivity contribution in [2.45, 2.75) is 348 Å². The molecule has 0 spiro atoms. The maximum atomic E-state index is 12.9. The van der Waals surface area contributed by atoms with Gasteiger partial charge in [0.15, 0.2) is 6.10 Å². The molecule has 0 radical (unpaired) electrons. The van der Waals surface area contributed by atoms with Gasteiger partial charge in [0.25, 0.3) is 0 Å². The highest BCUT2D eigenvalue weighted by atomic mass is 16.6. The van der Waals surface area contributed by atoms with Gasteiger partial charge in [-0.05, 0) is 109 Å². The zero-order chi connectivity index (χ0) is 54.3. The first kappa shape index (κ1) is 72.1. The van der Waals surface area contributed by atoms with Crippen LogP contribution in [0.2, 0.25) is 0 Å². The third-order valence-electron chi connectivity index (χ3n) is 14.5. The van der Waals surface area contributed by atoms with Gasteiger partial charge in [0.05, 0.1) is 0 Å². The number of carbonyl (C=O) groups is 3. The van der Waals surface area contributed by atoms with Crippen LogP contribution in [-0.2, 0) is 28.6 Å². The van der Waals surface area contributed by atoms with Gasteiger partial charge < -0.3 is 14.2 Å². The molecule has 6 heteroatoms. The SMILES string of the molecule is CCCCCC/C=C\C/C=C\CCCCCCCCCC(=O)OC(COC(=O)CCCCCCC/C=C\CCCCCCC)COC(=O)CCCCCCCCCCCCCCC/C=C\C/C=C\CCCCCCC. The molecule has 0 rings (SSSR count). The molecule has 0 aromatic heterocycles. The second kappa shape index (κ2) is 63.6. The molecule has 1 unspecified atom stereocenters. The molecule has 436 valence electrons. The molecule has 6 nitrogen and oxygen atoms in total. The molecule has 0 aromatic rings. The van der Waals surface area contributed by atoms with E-state index in [0.717, 1.165) is 83.5 Å². The van der Waals surface area contributed by atoms with Crippen LogP contribution in [0.25, 0.3) is 0 Å². The van der Waals surface area contributed by atoms with Crippen molar-refractivity contribution in [3.05, 3.63) is 60.8 Å². The van der Waals surface area contributed by atoms with Gasteiger partial charge in [-0.15, -0.1) is 0 Å². The van der Waals surface area contributed by atoms with E-state index < -0.39 is 6.10 Å². The van der Waals surface area contributed by atoms with Crippen LogP contribution in [0.1, 0.15) is 342 Å². The molecule has 0 saturated carbocycles. The van der Waals surface area contributed by atoms with Crippen molar-refractivity contribution in [1.82, 2.24) is 0 Å². The van der Waals surface area contributed by atoms with Crippen molar-refractivity contribution in [2.24, 2.45) is 0 Å². The third kappa shape index (κ3) is 61.8. The van der Waals surface area contributed by atoms with Crippen molar-refractivity contribution < 1.29 is 28.6 Å². The second-order valence-corrected chi connectivity index (χ2v) is 22.0. The van der Waals surface area contributed by atoms with Crippen LogP contribution in [0.15, 0.2) is 60.8 Å². The van der Waals surface area contributed by atoms with E-state index in [9.17, 15) is 14.4 Å². The van der Waals surface area contributed by atoms with Crippen molar-refractivity contribution >= 4 is 17.9 Å². The fourth-order valence-electron chi connectivity index (χ4n) is 9.50. The van der Waals surface area contributed by atoms with Gasteiger partial charge in [-0.2, -0.15) is 0 Å². The molecular weight excluding hydrogens is 925 g/mol. The van der Waals surface area contributed by atoms with E-state index in [4.69, 9.17) is 14.2 Å². The molecule has 0 aliphatic heterocycles. The molecule has 0 aliphatic carbocycles. The van der Waals surface area contributed by atoms with Gasteiger partial charge >= 0.3 is 17.9 Å². The Labute approximate surface area is 466 Å². The normalized spacial score (nSPS) is 12.4. The number of allylic oxidation sites excluding steroid dienone is 10. The zero-order valence-electron chi connectivity index (χ0n) is 50.1. The van der Waals surface area contributed by atoms with E-state index in [2.05, 4.69) is 81.5 Å². The first-order chi connectivity index (χ1) is 37.0. The summed E-state index contributed by atoms with van der Waals surface area (Å²) < 4.78 is 16.9. The lowest BCUT2D eigenvalue weighted by Crippen LogP contribution is -2.30. The molecule has 0 aromatic carbocycles. The van der Waals surface area contributed by atoms with Crippen LogP contribution in [0.4, 0.5) is 0 Å². The topological polar surface area (TPSA) is 78.9 Å². The predicted octanol–water partition coefficient (Wildman–Crippen LogP) is 22.3. The molecular formula is C69H124O6. The highest BCUT2D eigenvalue weighted by Crippen LogP contribution is 2.16. The Morgan fingerprint density at radius 1 is 0.267 bits per heavy atom. The van der Waals surface area contributed by atoms with Crippen molar-refractivity contribution in [2.75, 3.05) is 13.2 Å². The summed E-state index contributed by atoms with van der Waals surface area (Å²) in [5, 5.41) is 0. The maximum absolute atomic E-state index is 12.9. The molecule has 0 fully saturated rings. The first-order valence-corrected chi connectivity index (χ1v) is 32.8. The van der Waals surface area contributed by atoms with Gasteiger partial charge in [0.1, 0.15) is 13.2 Å². The largest absolute Gasteiger partial charge is 0.462 e. The lowest BCUT2D eigenvalue weighted by molar-refractivity contribution is -0.167. The Morgan fingerprint density at radius 3 is 0.760 bits per heavy atom. The molecule has 0 heterocycles. The Kier molecular flexibility index (Phi) is 61.2. The van der Waals surface area contributed by atoms with Crippen molar-refractivity contribution in [1.29, 1.82) is 0 Å². The maximum Gasteiger partial charge on any atom is 0.306 e. The quantitative estimate of drug-likeness (QED) is 0.0261. The number of rotatable bonds is 60. The van der Waals surface area contributed by atoms with Crippen LogP contribution in [-0.4, -0.2) is 37.2 Å². The summed E-state index contributed by atoms with van der Waals surface area (Å²) in [5.74, 6) is -0.879. The number of unbranched alkanes of at least 4 members (excludes halogenated alkanes) is 39. The minimum absolute atomic E-state index is 0.0784. The highest BCUT2D eigenvalue weighted by molar-refractivity contribution is 5.71. The summed E-state index contributed by atoms with van der Waals surface area (Å²) in [6.07, 6.45) is 80.8. The minimum atomic E-state index is -0.782. The number of hydrogen-bond acceptors (Lipinski definition) is 6. The molecule has 1 atom stereocenters. The van der Waals surface area contributed by atoms with Gasteiger partial charge in [-0.25, -0.2) is 0 Å². The fraction of sp³-hybridized carbons (Fsp3) is 0.812. The molecule has 0 N–H and O–H groups in total.